The van der Waals surface area contributed by atoms with Crippen molar-refractivity contribution in [3.05, 3.63) is 12.7 Å². The van der Waals surface area contributed by atoms with Gasteiger partial charge >= 0.3 is 0 Å². The first-order chi connectivity index (χ1) is 5.45. The molecule has 4 nitrogen and oxygen atoms in total. The standard InChI is InChI=1S/C8H15NO3/c1-5-7(10)9(4)8(3,11)12-6-2/h5,11H,1,6H2,2-4H3. The van der Waals surface area contributed by atoms with Crippen LogP contribution in [0, 0.1) is 0 Å². The lowest BCUT2D eigenvalue weighted by Gasteiger charge is -2.32. The van der Waals surface area contributed by atoms with E-state index in [1.54, 1.807) is 6.92 Å². The molecule has 70 valence electrons. The molecular weight excluding hydrogens is 158 g/mol. The van der Waals surface area contributed by atoms with E-state index in [-0.39, 0.29) is 5.91 Å². The van der Waals surface area contributed by atoms with Crippen LogP contribution in [0.2, 0.25) is 0 Å². The number of aliphatic hydroxyl groups is 1. The average molecular weight is 173 g/mol. The van der Waals surface area contributed by atoms with E-state index in [1.165, 1.54) is 14.0 Å². The lowest BCUT2D eigenvalue weighted by molar-refractivity contribution is -0.263. The summed E-state index contributed by atoms with van der Waals surface area (Å²) in [5.74, 6) is -1.94. The van der Waals surface area contributed by atoms with Crippen LogP contribution in [0.15, 0.2) is 12.7 Å². The SMILES string of the molecule is C=CC(=O)N(C)C(C)(O)OCC. The van der Waals surface area contributed by atoms with Crippen molar-refractivity contribution >= 4 is 5.91 Å². The third-order valence-corrected chi connectivity index (χ3v) is 1.55. The molecule has 0 aliphatic rings. The molecule has 0 saturated heterocycles. The van der Waals surface area contributed by atoms with Crippen molar-refractivity contribution in [1.29, 1.82) is 0 Å². The molecule has 0 aliphatic heterocycles. The second-order valence-electron chi connectivity index (χ2n) is 2.47. The van der Waals surface area contributed by atoms with Gasteiger partial charge in [0.15, 0.2) is 0 Å². The summed E-state index contributed by atoms with van der Waals surface area (Å²) in [6.45, 7) is 6.77. The van der Waals surface area contributed by atoms with E-state index in [1.807, 2.05) is 0 Å². The normalized spacial score (nSPS) is 15.0. The fraction of sp³-hybridized carbons (Fsp3) is 0.625. The van der Waals surface area contributed by atoms with E-state index in [0.29, 0.717) is 6.61 Å². The zero-order valence-electron chi connectivity index (χ0n) is 7.70. The number of carbonyl (C=O) groups is 1. The number of hydrogen-bond acceptors (Lipinski definition) is 3. The number of hydrogen-bond donors (Lipinski definition) is 1. The highest BCUT2D eigenvalue weighted by molar-refractivity contribution is 5.87. The van der Waals surface area contributed by atoms with Crippen LogP contribution >= 0.6 is 0 Å². The molecule has 0 rings (SSSR count). The van der Waals surface area contributed by atoms with E-state index in [9.17, 15) is 9.90 Å². The summed E-state index contributed by atoms with van der Waals surface area (Å²) >= 11 is 0. The second kappa shape index (κ2) is 4.23. The summed E-state index contributed by atoms with van der Waals surface area (Å²) in [6.07, 6.45) is 1.12. The van der Waals surface area contributed by atoms with Gasteiger partial charge in [0, 0.05) is 20.6 Å². The Morgan fingerprint density at radius 1 is 1.83 bits per heavy atom. The number of likely N-dealkylation sites (N-methyl/N-ethyl adjacent to an activating group) is 1. The maximum absolute atomic E-state index is 11.0. The third kappa shape index (κ3) is 2.64. The van der Waals surface area contributed by atoms with E-state index >= 15 is 0 Å². The average Bonchev–Trinajstić information content (AvgIpc) is 2.01. The van der Waals surface area contributed by atoms with Crippen LogP contribution in [0.25, 0.3) is 0 Å². The molecule has 0 bridgehead atoms. The highest BCUT2D eigenvalue weighted by atomic mass is 16.6. The van der Waals surface area contributed by atoms with E-state index in [4.69, 9.17) is 4.74 Å². The molecule has 0 radical (unpaired) electrons. The molecule has 1 atom stereocenters. The largest absolute Gasteiger partial charge is 0.349 e. The predicted molar refractivity (Wildman–Crippen MR) is 45.2 cm³/mol. The van der Waals surface area contributed by atoms with Crippen LogP contribution < -0.4 is 0 Å². The summed E-state index contributed by atoms with van der Waals surface area (Å²) in [7, 11) is 1.44. The molecule has 12 heavy (non-hydrogen) atoms. The second-order valence-corrected chi connectivity index (χ2v) is 2.47. The first-order valence-corrected chi connectivity index (χ1v) is 3.72. The summed E-state index contributed by atoms with van der Waals surface area (Å²) in [5.41, 5.74) is 0. The van der Waals surface area contributed by atoms with Crippen LogP contribution in [0.3, 0.4) is 0 Å². The van der Waals surface area contributed by atoms with Crippen LogP contribution in [-0.4, -0.2) is 35.5 Å². The molecule has 0 aliphatic carbocycles. The van der Waals surface area contributed by atoms with Crippen LogP contribution in [0.1, 0.15) is 13.8 Å². The fourth-order valence-corrected chi connectivity index (χ4v) is 0.712. The van der Waals surface area contributed by atoms with Crippen LogP contribution in [-0.2, 0) is 9.53 Å². The van der Waals surface area contributed by atoms with Gasteiger partial charge in [0.25, 0.3) is 0 Å². The van der Waals surface area contributed by atoms with Crippen molar-refractivity contribution in [2.75, 3.05) is 13.7 Å². The third-order valence-electron chi connectivity index (χ3n) is 1.55. The quantitative estimate of drug-likeness (QED) is 0.492. The van der Waals surface area contributed by atoms with Gasteiger partial charge in [-0.3, -0.25) is 9.69 Å². The van der Waals surface area contributed by atoms with Crippen molar-refractivity contribution in [3.63, 3.8) is 0 Å². The minimum atomic E-state index is -1.56. The van der Waals surface area contributed by atoms with E-state index < -0.39 is 5.91 Å². The van der Waals surface area contributed by atoms with Gasteiger partial charge in [0.2, 0.25) is 11.8 Å². The Bertz CT molecular complexity index is 177. The summed E-state index contributed by atoms with van der Waals surface area (Å²) in [4.78, 5) is 12.1. The summed E-state index contributed by atoms with van der Waals surface area (Å²) < 4.78 is 4.93. The summed E-state index contributed by atoms with van der Waals surface area (Å²) in [6, 6.07) is 0. The Labute approximate surface area is 72.4 Å². The van der Waals surface area contributed by atoms with Crippen LogP contribution in [0.4, 0.5) is 0 Å². The van der Waals surface area contributed by atoms with Crippen molar-refractivity contribution < 1.29 is 14.6 Å². The van der Waals surface area contributed by atoms with Crippen molar-refractivity contribution in [2.45, 2.75) is 19.8 Å². The molecule has 0 spiro atoms. The molecule has 1 unspecified atom stereocenters. The molecule has 1 amide bonds. The molecule has 0 saturated carbocycles. The predicted octanol–water partition coefficient (Wildman–Crippen LogP) is 0.333. The Kier molecular flexibility index (Phi) is 3.92. The van der Waals surface area contributed by atoms with Crippen molar-refractivity contribution in [2.24, 2.45) is 0 Å². The zero-order chi connectivity index (χ0) is 9.78. The van der Waals surface area contributed by atoms with Crippen LogP contribution in [0.5, 0.6) is 0 Å². The van der Waals surface area contributed by atoms with Gasteiger partial charge in [-0.2, -0.15) is 0 Å². The van der Waals surface area contributed by atoms with Gasteiger partial charge in [0.05, 0.1) is 0 Å². The zero-order valence-corrected chi connectivity index (χ0v) is 7.70. The number of nitrogens with zero attached hydrogens (tertiary/aromatic N) is 1. The Hall–Kier alpha value is -0.870. The smallest absolute Gasteiger partial charge is 0.249 e. The summed E-state index contributed by atoms with van der Waals surface area (Å²) in [5, 5.41) is 9.52. The monoisotopic (exact) mass is 173 g/mol. The molecule has 0 fully saturated rings. The first-order valence-electron chi connectivity index (χ1n) is 3.72. The highest BCUT2D eigenvalue weighted by Gasteiger charge is 2.28. The topological polar surface area (TPSA) is 49.8 Å². The minimum absolute atomic E-state index is 0.335. The Balaban J connectivity index is 4.32. The van der Waals surface area contributed by atoms with Gasteiger partial charge in [0.1, 0.15) is 0 Å². The van der Waals surface area contributed by atoms with E-state index in [2.05, 4.69) is 6.58 Å². The molecule has 0 aromatic rings. The molecule has 0 aromatic heterocycles. The molecule has 1 N–H and O–H groups in total. The maximum Gasteiger partial charge on any atom is 0.249 e. The molecular formula is C8H15NO3. The first kappa shape index (κ1) is 11.1. The van der Waals surface area contributed by atoms with Crippen molar-refractivity contribution in [1.82, 2.24) is 4.90 Å². The van der Waals surface area contributed by atoms with Crippen molar-refractivity contribution in [3.8, 4) is 0 Å². The molecule has 4 heteroatoms. The number of rotatable bonds is 4. The number of amides is 1. The fourth-order valence-electron chi connectivity index (χ4n) is 0.712. The van der Waals surface area contributed by atoms with E-state index in [0.717, 1.165) is 11.0 Å². The minimum Gasteiger partial charge on any atom is -0.349 e. The lowest BCUT2D eigenvalue weighted by atomic mass is 10.4. The maximum atomic E-state index is 11.0. The molecule has 0 heterocycles. The van der Waals surface area contributed by atoms with Gasteiger partial charge in [-0.25, -0.2) is 0 Å². The number of carbonyl (C=O) groups excluding carboxylic acids is 1. The number of ether oxygens (including phenoxy) is 1. The van der Waals surface area contributed by atoms with Gasteiger partial charge in [-0.15, -0.1) is 0 Å². The lowest BCUT2D eigenvalue weighted by Crippen LogP contribution is -2.48. The van der Waals surface area contributed by atoms with Gasteiger partial charge in [-0.05, 0) is 13.0 Å². The Morgan fingerprint density at radius 2 is 2.33 bits per heavy atom. The molecule has 0 aromatic carbocycles. The van der Waals surface area contributed by atoms with Gasteiger partial charge in [-0.1, -0.05) is 6.58 Å². The highest BCUT2D eigenvalue weighted by Crippen LogP contribution is 2.10. The Morgan fingerprint density at radius 3 is 2.67 bits per heavy atom. The van der Waals surface area contributed by atoms with Gasteiger partial charge < -0.3 is 9.84 Å².